The smallest absolute Gasteiger partial charge is 0.299 e. The summed E-state index contributed by atoms with van der Waals surface area (Å²) in [4.78, 5) is 18.1. The Morgan fingerprint density at radius 3 is 2.81 bits per heavy atom. The number of benzene rings is 1. The molecule has 1 fully saturated rings. The fourth-order valence-corrected chi connectivity index (χ4v) is 2.39. The summed E-state index contributed by atoms with van der Waals surface area (Å²) < 4.78 is 5.20. The first kappa shape index (κ1) is 13.8. The Morgan fingerprint density at radius 1 is 1.38 bits per heavy atom. The molecular formula is C15H18N4O2. The molecule has 2 heterocycles. The lowest BCUT2D eigenvalue weighted by molar-refractivity contribution is 0.0980. The zero-order valence-corrected chi connectivity index (χ0v) is 12.2. The van der Waals surface area contributed by atoms with Crippen LogP contribution in [0.15, 0.2) is 28.8 Å². The maximum atomic E-state index is 12.4. The predicted molar refractivity (Wildman–Crippen MR) is 78.2 cm³/mol. The molecule has 2 aromatic rings. The van der Waals surface area contributed by atoms with E-state index >= 15 is 0 Å². The second-order valence-electron chi connectivity index (χ2n) is 5.30. The molecule has 6 heteroatoms. The molecule has 1 saturated heterocycles. The van der Waals surface area contributed by atoms with Gasteiger partial charge < -0.3 is 14.7 Å². The van der Waals surface area contributed by atoms with E-state index < -0.39 is 0 Å². The van der Waals surface area contributed by atoms with E-state index in [2.05, 4.69) is 15.5 Å². The van der Waals surface area contributed by atoms with Gasteiger partial charge in [-0.1, -0.05) is 22.9 Å². The molecule has 0 radical (unpaired) electrons. The molecule has 1 amide bonds. The van der Waals surface area contributed by atoms with Crippen molar-refractivity contribution in [3.8, 4) is 0 Å². The number of hydrogen-bond acceptors (Lipinski definition) is 5. The molecule has 0 saturated carbocycles. The van der Waals surface area contributed by atoms with Crippen molar-refractivity contribution in [3.05, 3.63) is 41.5 Å². The lowest BCUT2D eigenvalue weighted by Gasteiger charge is -2.15. The van der Waals surface area contributed by atoms with E-state index in [1.165, 1.54) is 4.90 Å². The van der Waals surface area contributed by atoms with Crippen LogP contribution in [0.4, 0.5) is 5.69 Å². The van der Waals surface area contributed by atoms with E-state index in [-0.39, 0.29) is 17.8 Å². The molecule has 0 aliphatic carbocycles. The number of nitrogens with zero attached hydrogens (tertiary/aromatic N) is 3. The summed E-state index contributed by atoms with van der Waals surface area (Å²) in [6.45, 7) is 2.95. The zero-order valence-electron chi connectivity index (χ0n) is 12.2. The van der Waals surface area contributed by atoms with E-state index in [4.69, 9.17) is 4.52 Å². The highest BCUT2D eigenvalue weighted by Gasteiger charge is 2.25. The van der Waals surface area contributed by atoms with Gasteiger partial charge in [-0.2, -0.15) is 4.98 Å². The van der Waals surface area contributed by atoms with E-state index in [1.807, 2.05) is 31.2 Å². The highest BCUT2D eigenvalue weighted by Crippen LogP contribution is 2.22. The number of nitrogens with one attached hydrogen (secondary N) is 1. The fourth-order valence-electron chi connectivity index (χ4n) is 2.39. The summed E-state index contributed by atoms with van der Waals surface area (Å²) in [5.74, 6) is 0.321. The summed E-state index contributed by atoms with van der Waals surface area (Å²) in [5.41, 5.74) is 1.95. The van der Waals surface area contributed by atoms with Gasteiger partial charge in [-0.15, -0.1) is 0 Å². The normalized spacial score (nSPS) is 17.9. The average Bonchev–Trinajstić information content (AvgIpc) is 3.17. The number of carbonyl (C=O) groups excluding carboxylic acids is 1. The maximum Gasteiger partial charge on any atom is 0.299 e. The van der Waals surface area contributed by atoms with Crippen molar-refractivity contribution in [1.82, 2.24) is 15.5 Å². The van der Waals surface area contributed by atoms with Crippen molar-refractivity contribution in [1.29, 1.82) is 0 Å². The summed E-state index contributed by atoms with van der Waals surface area (Å²) in [6.07, 6.45) is 2.04. The molecule has 110 valence electrons. The third-order valence-electron chi connectivity index (χ3n) is 3.72. The molecule has 1 aliphatic rings. The molecule has 21 heavy (non-hydrogen) atoms. The van der Waals surface area contributed by atoms with Crippen LogP contribution in [0, 0.1) is 6.92 Å². The summed E-state index contributed by atoms with van der Waals surface area (Å²) in [5, 5.41) is 7.08. The maximum absolute atomic E-state index is 12.4. The zero-order chi connectivity index (χ0) is 14.8. The topological polar surface area (TPSA) is 71.3 Å². The standard InChI is InChI=1S/C15H18N4O2/c1-10-5-7-11(8-6-10)19(2)15(20)13-17-14(21-18-13)12-4-3-9-16-12/h5-8,12,16H,3-4,9H2,1-2H3. The van der Waals surface area contributed by atoms with Crippen LogP contribution in [0.3, 0.4) is 0 Å². The van der Waals surface area contributed by atoms with Gasteiger partial charge in [0.25, 0.3) is 11.7 Å². The minimum atomic E-state index is -0.271. The van der Waals surface area contributed by atoms with Crippen molar-refractivity contribution in [2.24, 2.45) is 0 Å². The molecule has 1 N–H and O–H groups in total. The highest BCUT2D eigenvalue weighted by molar-refractivity contribution is 6.03. The number of rotatable bonds is 3. The lowest BCUT2D eigenvalue weighted by Crippen LogP contribution is -2.27. The molecule has 1 aliphatic heterocycles. The van der Waals surface area contributed by atoms with Gasteiger partial charge in [0.2, 0.25) is 5.89 Å². The summed E-state index contributed by atoms with van der Waals surface area (Å²) in [7, 11) is 1.71. The SMILES string of the molecule is Cc1ccc(N(C)C(=O)c2noc(C3CCCN3)n2)cc1. The number of aryl methyl sites for hydroxylation is 1. The Hall–Kier alpha value is -2.21. The Balaban J connectivity index is 1.76. The largest absolute Gasteiger partial charge is 0.337 e. The fraction of sp³-hybridized carbons (Fsp3) is 0.400. The second-order valence-corrected chi connectivity index (χ2v) is 5.30. The Labute approximate surface area is 123 Å². The molecule has 0 bridgehead atoms. The van der Waals surface area contributed by atoms with Crippen molar-refractivity contribution in [2.45, 2.75) is 25.8 Å². The van der Waals surface area contributed by atoms with Gasteiger partial charge in [0, 0.05) is 12.7 Å². The molecular weight excluding hydrogens is 268 g/mol. The highest BCUT2D eigenvalue weighted by atomic mass is 16.5. The van der Waals surface area contributed by atoms with Gasteiger partial charge in [-0.3, -0.25) is 4.79 Å². The van der Waals surface area contributed by atoms with Crippen LogP contribution in [0.25, 0.3) is 0 Å². The van der Waals surface area contributed by atoms with Gasteiger partial charge >= 0.3 is 0 Å². The molecule has 1 aromatic carbocycles. The molecule has 0 spiro atoms. The minimum absolute atomic E-state index is 0.0729. The van der Waals surface area contributed by atoms with Crippen LogP contribution in [-0.4, -0.2) is 29.6 Å². The number of hydrogen-bond donors (Lipinski definition) is 1. The Morgan fingerprint density at radius 2 is 2.14 bits per heavy atom. The number of amides is 1. The van der Waals surface area contributed by atoms with Gasteiger partial charge in [-0.05, 0) is 38.4 Å². The van der Waals surface area contributed by atoms with Crippen LogP contribution < -0.4 is 10.2 Å². The van der Waals surface area contributed by atoms with Crippen LogP contribution >= 0.6 is 0 Å². The molecule has 6 nitrogen and oxygen atoms in total. The van der Waals surface area contributed by atoms with E-state index in [1.54, 1.807) is 7.05 Å². The van der Waals surface area contributed by atoms with Gasteiger partial charge in [-0.25, -0.2) is 0 Å². The monoisotopic (exact) mass is 286 g/mol. The predicted octanol–water partition coefficient (Wildman–Crippen LogP) is 2.08. The average molecular weight is 286 g/mol. The molecule has 1 atom stereocenters. The van der Waals surface area contributed by atoms with Crippen LogP contribution in [-0.2, 0) is 0 Å². The molecule has 1 aromatic heterocycles. The summed E-state index contributed by atoms with van der Waals surface area (Å²) >= 11 is 0. The summed E-state index contributed by atoms with van der Waals surface area (Å²) in [6, 6.07) is 7.79. The second kappa shape index (κ2) is 5.65. The van der Waals surface area contributed by atoms with Crippen LogP contribution in [0.1, 0.15) is 41.0 Å². The van der Waals surface area contributed by atoms with Gasteiger partial charge in [0.1, 0.15) is 0 Å². The van der Waals surface area contributed by atoms with Crippen LogP contribution in [0.2, 0.25) is 0 Å². The Kier molecular flexibility index (Phi) is 3.70. The van der Waals surface area contributed by atoms with Gasteiger partial charge in [0.15, 0.2) is 0 Å². The minimum Gasteiger partial charge on any atom is -0.337 e. The number of carbonyl (C=O) groups is 1. The number of anilines is 1. The quantitative estimate of drug-likeness (QED) is 0.935. The third kappa shape index (κ3) is 2.80. The van der Waals surface area contributed by atoms with Crippen molar-refractivity contribution < 1.29 is 9.32 Å². The lowest BCUT2D eigenvalue weighted by atomic mass is 10.2. The van der Waals surface area contributed by atoms with Crippen molar-refractivity contribution in [2.75, 3.05) is 18.5 Å². The Bertz CT molecular complexity index is 629. The van der Waals surface area contributed by atoms with E-state index in [0.29, 0.717) is 5.89 Å². The molecule has 3 rings (SSSR count). The first-order chi connectivity index (χ1) is 10.1. The molecule has 1 unspecified atom stereocenters. The van der Waals surface area contributed by atoms with Gasteiger partial charge in [0.05, 0.1) is 6.04 Å². The van der Waals surface area contributed by atoms with E-state index in [0.717, 1.165) is 30.6 Å². The van der Waals surface area contributed by atoms with Crippen molar-refractivity contribution in [3.63, 3.8) is 0 Å². The first-order valence-electron chi connectivity index (χ1n) is 7.07. The number of aromatic nitrogens is 2. The van der Waals surface area contributed by atoms with E-state index in [9.17, 15) is 4.79 Å². The van der Waals surface area contributed by atoms with Crippen LogP contribution in [0.5, 0.6) is 0 Å². The van der Waals surface area contributed by atoms with Crippen molar-refractivity contribution >= 4 is 11.6 Å². The first-order valence-corrected chi connectivity index (χ1v) is 7.07. The third-order valence-corrected chi connectivity index (χ3v) is 3.72.